The normalized spacial score (nSPS) is 12.4. The van der Waals surface area contributed by atoms with E-state index < -0.39 is 11.8 Å². The van der Waals surface area contributed by atoms with E-state index in [2.05, 4.69) is 0 Å². The molecule has 0 aliphatic carbocycles. The molecule has 0 aromatic heterocycles. The molecule has 5 heteroatoms. The van der Waals surface area contributed by atoms with Crippen LogP contribution >= 0.6 is 0 Å². The van der Waals surface area contributed by atoms with Crippen molar-refractivity contribution in [2.75, 3.05) is 7.05 Å². The molecule has 0 heterocycles. The quantitative estimate of drug-likeness (QED) is 0.819. The van der Waals surface area contributed by atoms with Crippen LogP contribution in [0.2, 0.25) is 0 Å². The Labute approximate surface area is 123 Å². The van der Waals surface area contributed by atoms with Crippen molar-refractivity contribution in [1.82, 2.24) is 4.90 Å². The van der Waals surface area contributed by atoms with Crippen LogP contribution in [0, 0.1) is 5.82 Å². The first-order valence-electron chi connectivity index (χ1n) is 6.84. The Hall–Kier alpha value is -2.17. The molecule has 1 atom stereocenters. The van der Waals surface area contributed by atoms with Crippen LogP contribution in [0.1, 0.15) is 42.6 Å². The van der Waals surface area contributed by atoms with E-state index in [4.69, 9.17) is 5.11 Å². The van der Waals surface area contributed by atoms with Crippen LogP contribution in [-0.2, 0) is 4.79 Å². The number of carboxylic acids is 1. The maximum Gasteiger partial charge on any atom is 0.328 e. The van der Waals surface area contributed by atoms with Gasteiger partial charge in [0.2, 0.25) is 0 Å². The Morgan fingerprint density at radius 1 is 1.43 bits per heavy atom. The average molecular weight is 293 g/mol. The molecule has 114 valence electrons. The fourth-order valence-corrected chi connectivity index (χ4v) is 1.97. The van der Waals surface area contributed by atoms with Gasteiger partial charge in [-0.1, -0.05) is 19.4 Å². The number of aliphatic carboxylic acids is 1. The monoisotopic (exact) mass is 293 g/mol. The summed E-state index contributed by atoms with van der Waals surface area (Å²) in [5.41, 5.74) is 0.392. The van der Waals surface area contributed by atoms with Crippen LogP contribution in [0.15, 0.2) is 24.3 Å². The number of hydrogen-bond acceptors (Lipinski definition) is 2. The van der Waals surface area contributed by atoms with Gasteiger partial charge < -0.3 is 10.0 Å². The molecular formula is C16H20FNO3. The molecule has 1 aromatic carbocycles. The minimum absolute atomic E-state index is 0.0807. The van der Waals surface area contributed by atoms with Crippen molar-refractivity contribution in [3.8, 4) is 0 Å². The van der Waals surface area contributed by atoms with Crippen molar-refractivity contribution in [2.45, 2.75) is 32.7 Å². The summed E-state index contributed by atoms with van der Waals surface area (Å²) in [6.45, 7) is 3.99. The van der Waals surface area contributed by atoms with Gasteiger partial charge >= 0.3 is 5.97 Å². The maximum atomic E-state index is 13.9. The standard InChI is InChI=1S/C16H20FNO3/c1-4-5-11(2)18(3)16(21)13-7-6-12(14(17)10-13)8-9-15(19)20/h6-11H,4-5H2,1-3H3,(H,19,20). The SMILES string of the molecule is CCCC(C)N(C)C(=O)c1ccc(C=CC(=O)O)c(F)c1. The van der Waals surface area contributed by atoms with Gasteiger partial charge in [-0.15, -0.1) is 0 Å². The molecule has 1 rings (SSSR count). The van der Waals surface area contributed by atoms with Gasteiger partial charge in [-0.3, -0.25) is 4.79 Å². The lowest BCUT2D eigenvalue weighted by molar-refractivity contribution is -0.131. The molecule has 1 unspecified atom stereocenters. The highest BCUT2D eigenvalue weighted by atomic mass is 19.1. The number of carboxylic acid groups (broad SMARTS) is 1. The summed E-state index contributed by atoms with van der Waals surface area (Å²) >= 11 is 0. The maximum absolute atomic E-state index is 13.9. The molecule has 0 bridgehead atoms. The smallest absolute Gasteiger partial charge is 0.328 e. The van der Waals surface area contributed by atoms with E-state index in [1.165, 1.54) is 12.1 Å². The number of halogens is 1. The second-order valence-corrected chi connectivity index (χ2v) is 4.96. The van der Waals surface area contributed by atoms with Crippen LogP contribution in [0.5, 0.6) is 0 Å². The van der Waals surface area contributed by atoms with E-state index in [1.54, 1.807) is 11.9 Å². The lowest BCUT2D eigenvalue weighted by atomic mass is 10.1. The minimum Gasteiger partial charge on any atom is -0.478 e. The van der Waals surface area contributed by atoms with E-state index >= 15 is 0 Å². The van der Waals surface area contributed by atoms with Crippen molar-refractivity contribution >= 4 is 18.0 Å². The van der Waals surface area contributed by atoms with Gasteiger partial charge in [0.15, 0.2) is 0 Å². The lowest BCUT2D eigenvalue weighted by Gasteiger charge is -2.24. The zero-order valence-electron chi connectivity index (χ0n) is 12.5. The van der Waals surface area contributed by atoms with Crippen LogP contribution < -0.4 is 0 Å². The minimum atomic E-state index is -1.15. The molecule has 1 N–H and O–H groups in total. The predicted molar refractivity (Wildman–Crippen MR) is 79.5 cm³/mol. The van der Waals surface area contributed by atoms with Crippen LogP contribution in [-0.4, -0.2) is 35.0 Å². The largest absolute Gasteiger partial charge is 0.478 e. The molecular weight excluding hydrogens is 273 g/mol. The Balaban J connectivity index is 2.93. The zero-order chi connectivity index (χ0) is 16.0. The molecule has 0 radical (unpaired) electrons. The third-order valence-electron chi connectivity index (χ3n) is 3.34. The summed E-state index contributed by atoms with van der Waals surface area (Å²) in [6.07, 6.45) is 3.86. The van der Waals surface area contributed by atoms with Crippen molar-refractivity contribution in [3.05, 3.63) is 41.2 Å². The number of nitrogens with zero attached hydrogens (tertiary/aromatic N) is 1. The molecule has 1 amide bonds. The van der Waals surface area contributed by atoms with Crippen LogP contribution in [0.3, 0.4) is 0 Å². The first-order chi connectivity index (χ1) is 9.86. The first kappa shape index (κ1) is 16.9. The molecule has 4 nitrogen and oxygen atoms in total. The number of carbonyl (C=O) groups excluding carboxylic acids is 1. The highest BCUT2D eigenvalue weighted by molar-refractivity contribution is 5.94. The lowest BCUT2D eigenvalue weighted by Crippen LogP contribution is -2.35. The molecule has 0 saturated heterocycles. The first-order valence-corrected chi connectivity index (χ1v) is 6.84. The zero-order valence-corrected chi connectivity index (χ0v) is 12.5. The highest BCUT2D eigenvalue weighted by Crippen LogP contribution is 2.15. The third kappa shape index (κ3) is 4.70. The van der Waals surface area contributed by atoms with Gasteiger partial charge in [0.05, 0.1) is 0 Å². The van der Waals surface area contributed by atoms with Crippen molar-refractivity contribution in [1.29, 1.82) is 0 Å². The summed E-state index contributed by atoms with van der Waals surface area (Å²) in [5.74, 6) is -2.01. The Bertz CT molecular complexity index is 554. The van der Waals surface area contributed by atoms with E-state index in [1.807, 2.05) is 13.8 Å². The van der Waals surface area contributed by atoms with E-state index in [0.29, 0.717) is 0 Å². The Morgan fingerprint density at radius 2 is 2.10 bits per heavy atom. The molecule has 0 fully saturated rings. The number of carbonyl (C=O) groups is 2. The van der Waals surface area contributed by atoms with Crippen molar-refractivity contribution in [2.24, 2.45) is 0 Å². The molecule has 0 aliphatic heterocycles. The second-order valence-electron chi connectivity index (χ2n) is 4.96. The molecule has 1 aromatic rings. The van der Waals surface area contributed by atoms with Crippen molar-refractivity contribution in [3.63, 3.8) is 0 Å². The van der Waals surface area contributed by atoms with E-state index in [0.717, 1.165) is 31.1 Å². The summed E-state index contributed by atoms with van der Waals surface area (Å²) in [6, 6.07) is 4.12. The van der Waals surface area contributed by atoms with Gasteiger partial charge in [0.1, 0.15) is 5.82 Å². The van der Waals surface area contributed by atoms with Crippen LogP contribution in [0.25, 0.3) is 6.08 Å². The number of benzene rings is 1. The predicted octanol–water partition coefficient (Wildman–Crippen LogP) is 3.18. The fraction of sp³-hybridized carbons (Fsp3) is 0.375. The highest BCUT2D eigenvalue weighted by Gasteiger charge is 2.17. The topological polar surface area (TPSA) is 57.6 Å². The van der Waals surface area contributed by atoms with Crippen molar-refractivity contribution < 1.29 is 19.1 Å². The third-order valence-corrected chi connectivity index (χ3v) is 3.34. The summed E-state index contributed by atoms with van der Waals surface area (Å²) in [4.78, 5) is 24.2. The fourth-order valence-electron chi connectivity index (χ4n) is 1.97. The van der Waals surface area contributed by atoms with Crippen LogP contribution in [0.4, 0.5) is 4.39 Å². The summed E-state index contributed by atoms with van der Waals surface area (Å²) in [7, 11) is 1.69. The van der Waals surface area contributed by atoms with Gasteiger partial charge in [-0.2, -0.15) is 0 Å². The number of amides is 1. The number of rotatable bonds is 6. The van der Waals surface area contributed by atoms with Gasteiger partial charge in [0.25, 0.3) is 5.91 Å². The molecule has 0 spiro atoms. The van der Waals surface area contributed by atoms with E-state index in [-0.39, 0.29) is 23.1 Å². The molecule has 0 aliphatic rings. The average Bonchev–Trinajstić information content (AvgIpc) is 2.44. The molecule has 21 heavy (non-hydrogen) atoms. The van der Waals surface area contributed by atoms with E-state index in [9.17, 15) is 14.0 Å². The summed E-state index contributed by atoms with van der Waals surface area (Å²) < 4.78 is 13.9. The number of hydrogen-bond donors (Lipinski definition) is 1. The molecule has 0 saturated carbocycles. The van der Waals surface area contributed by atoms with Gasteiger partial charge in [-0.25, -0.2) is 9.18 Å². The van der Waals surface area contributed by atoms with Gasteiger partial charge in [-0.05, 0) is 31.6 Å². The van der Waals surface area contributed by atoms with Gasteiger partial charge in [0, 0.05) is 30.3 Å². The Kier molecular flexibility index (Phi) is 6.09. The summed E-state index contributed by atoms with van der Waals surface area (Å²) in [5, 5.41) is 8.52. The second kappa shape index (κ2) is 7.57. The Morgan fingerprint density at radius 3 is 2.62 bits per heavy atom.